The summed E-state index contributed by atoms with van der Waals surface area (Å²) in [6.45, 7) is 0. The zero-order chi connectivity index (χ0) is 12.2. The largest absolute Gasteiger partial charge is 0.463 e. The Hall–Kier alpha value is -2.69. The maximum Gasteiger partial charge on any atom is 0.165 e. The molecular weight excluding hydrogens is 228 g/mol. The molecule has 18 heavy (non-hydrogen) atoms. The molecule has 0 atom stereocenters. The average Bonchev–Trinajstić information content (AvgIpc) is 2.92. The molecule has 0 amide bonds. The number of furan rings is 1. The van der Waals surface area contributed by atoms with Crippen LogP contribution < -0.4 is 5.43 Å². The minimum Gasteiger partial charge on any atom is -0.463 e. The number of aromatic nitrogens is 2. The van der Waals surface area contributed by atoms with Crippen LogP contribution in [0.3, 0.4) is 0 Å². The Labute approximate surface area is 103 Å². The van der Waals surface area contributed by atoms with E-state index < -0.39 is 0 Å². The first kappa shape index (κ1) is 10.5. The number of anilines is 1. The monoisotopic (exact) mass is 238 g/mol. The van der Waals surface area contributed by atoms with Gasteiger partial charge in [0.25, 0.3) is 0 Å². The summed E-state index contributed by atoms with van der Waals surface area (Å²) >= 11 is 0. The standard InChI is InChI=1S/C13H10N4O/c1-2-6-12-11(5-1)14-9-13(16-12)17-15-8-10-4-3-7-18-10/h1-9H,(H,16,17)/b15-8+. The number of hydrogen-bond donors (Lipinski definition) is 1. The molecule has 0 aliphatic rings. The van der Waals surface area contributed by atoms with E-state index in [1.165, 1.54) is 0 Å². The second-order valence-electron chi connectivity index (χ2n) is 3.63. The van der Waals surface area contributed by atoms with Gasteiger partial charge in [0, 0.05) is 0 Å². The number of benzene rings is 1. The van der Waals surface area contributed by atoms with Gasteiger partial charge >= 0.3 is 0 Å². The zero-order valence-electron chi connectivity index (χ0n) is 9.45. The number of para-hydroxylation sites is 2. The highest BCUT2D eigenvalue weighted by Gasteiger charge is 1.97. The van der Waals surface area contributed by atoms with Crippen molar-refractivity contribution < 1.29 is 4.42 Å². The van der Waals surface area contributed by atoms with E-state index in [9.17, 15) is 0 Å². The molecule has 0 saturated carbocycles. The zero-order valence-corrected chi connectivity index (χ0v) is 9.45. The van der Waals surface area contributed by atoms with Gasteiger partial charge in [0.1, 0.15) is 5.76 Å². The smallest absolute Gasteiger partial charge is 0.165 e. The minimum absolute atomic E-state index is 0.594. The van der Waals surface area contributed by atoms with Crippen LogP contribution in [-0.2, 0) is 0 Å². The van der Waals surface area contributed by atoms with Crippen LogP contribution in [0.25, 0.3) is 11.0 Å². The molecule has 0 spiro atoms. The van der Waals surface area contributed by atoms with Crippen molar-refractivity contribution in [3.63, 3.8) is 0 Å². The predicted molar refractivity (Wildman–Crippen MR) is 69.5 cm³/mol. The van der Waals surface area contributed by atoms with Crippen molar-refractivity contribution in [2.24, 2.45) is 5.10 Å². The number of nitrogens with zero attached hydrogens (tertiary/aromatic N) is 3. The Morgan fingerprint density at radius 2 is 2.00 bits per heavy atom. The van der Waals surface area contributed by atoms with Crippen molar-refractivity contribution in [2.75, 3.05) is 5.43 Å². The third-order valence-corrected chi connectivity index (χ3v) is 2.36. The van der Waals surface area contributed by atoms with E-state index in [-0.39, 0.29) is 0 Å². The summed E-state index contributed by atoms with van der Waals surface area (Å²) in [7, 11) is 0. The molecular formula is C13H10N4O. The molecule has 1 aromatic carbocycles. The molecule has 3 aromatic rings. The number of fused-ring (bicyclic) bond motifs is 1. The van der Waals surface area contributed by atoms with Crippen LogP contribution in [0.1, 0.15) is 5.76 Å². The Bertz CT molecular complexity index is 676. The molecule has 1 N–H and O–H groups in total. The molecule has 2 heterocycles. The molecule has 0 unspecified atom stereocenters. The quantitative estimate of drug-likeness (QED) is 0.562. The summed E-state index contributed by atoms with van der Waals surface area (Å²) in [5, 5.41) is 4.02. The van der Waals surface area contributed by atoms with Crippen LogP contribution in [0.4, 0.5) is 5.82 Å². The molecule has 2 aromatic heterocycles. The second kappa shape index (κ2) is 4.67. The van der Waals surface area contributed by atoms with Gasteiger partial charge in [-0.05, 0) is 24.3 Å². The van der Waals surface area contributed by atoms with Crippen molar-refractivity contribution >= 4 is 23.1 Å². The SMILES string of the molecule is C(=N\Nc1cnc2ccccc2n1)/c1ccco1. The lowest BCUT2D eigenvalue weighted by Crippen LogP contribution is -1.94. The van der Waals surface area contributed by atoms with E-state index in [4.69, 9.17) is 4.42 Å². The first-order valence-corrected chi connectivity index (χ1v) is 5.46. The highest BCUT2D eigenvalue weighted by atomic mass is 16.3. The van der Waals surface area contributed by atoms with Crippen molar-refractivity contribution in [2.45, 2.75) is 0 Å². The molecule has 0 saturated heterocycles. The van der Waals surface area contributed by atoms with Gasteiger partial charge in [0.15, 0.2) is 5.82 Å². The molecule has 3 rings (SSSR count). The number of hydrazone groups is 1. The van der Waals surface area contributed by atoms with Gasteiger partial charge in [-0.1, -0.05) is 12.1 Å². The van der Waals surface area contributed by atoms with Gasteiger partial charge < -0.3 is 4.42 Å². The van der Waals surface area contributed by atoms with E-state index >= 15 is 0 Å². The van der Waals surface area contributed by atoms with E-state index in [1.54, 1.807) is 24.7 Å². The fourth-order valence-electron chi connectivity index (χ4n) is 1.54. The van der Waals surface area contributed by atoms with E-state index in [1.807, 2.05) is 30.3 Å². The molecule has 0 aliphatic heterocycles. The van der Waals surface area contributed by atoms with E-state index in [0.29, 0.717) is 11.6 Å². The normalized spacial score (nSPS) is 11.1. The minimum atomic E-state index is 0.594. The lowest BCUT2D eigenvalue weighted by atomic mass is 10.3. The van der Waals surface area contributed by atoms with Crippen LogP contribution in [0, 0.1) is 0 Å². The summed E-state index contributed by atoms with van der Waals surface area (Å²) in [6, 6.07) is 11.3. The summed E-state index contributed by atoms with van der Waals surface area (Å²) in [5.74, 6) is 1.27. The maximum atomic E-state index is 5.12. The second-order valence-corrected chi connectivity index (χ2v) is 3.63. The molecule has 0 fully saturated rings. The van der Waals surface area contributed by atoms with E-state index in [0.717, 1.165) is 11.0 Å². The Morgan fingerprint density at radius 3 is 2.83 bits per heavy atom. The summed E-state index contributed by atoms with van der Waals surface area (Å²) < 4.78 is 5.12. The average molecular weight is 238 g/mol. The van der Waals surface area contributed by atoms with Crippen molar-refractivity contribution in [1.82, 2.24) is 9.97 Å². The molecule has 5 nitrogen and oxygen atoms in total. The van der Waals surface area contributed by atoms with Gasteiger partial charge in [0.2, 0.25) is 0 Å². The predicted octanol–water partition coefficient (Wildman–Crippen LogP) is 2.67. The van der Waals surface area contributed by atoms with Crippen LogP contribution in [0.5, 0.6) is 0 Å². The van der Waals surface area contributed by atoms with Gasteiger partial charge in [-0.15, -0.1) is 0 Å². The first-order valence-electron chi connectivity index (χ1n) is 5.46. The third kappa shape index (κ3) is 2.20. The number of nitrogens with one attached hydrogen (secondary N) is 1. The van der Waals surface area contributed by atoms with Gasteiger partial charge in [0.05, 0.1) is 29.7 Å². The highest BCUT2D eigenvalue weighted by Crippen LogP contribution is 2.11. The summed E-state index contributed by atoms with van der Waals surface area (Å²) in [6.07, 6.45) is 4.82. The molecule has 5 heteroatoms. The van der Waals surface area contributed by atoms with Crippen LogP contribution in [-0.4, -0.2) is 16.2 Å². The molecule has 0 radical (unpaired) electrons. The van der Waals surface area contributed by atoms with Crippen molar-refractivity contribution in [1.29, 1.82) is 0 Å². The van der Waals surface area contributed by atoms with Gasteiger partial charge in [-0.25, -0.2) is 4.98 Å². The third-order valence-electron chi connectivity index (χ3n) is 2.36. The fraction of sp³-hybridized carbons (Fsp3) is 0. The number of hydrogen-bond acceptors (Lipinski definition) is 5. The lowest BCUT2D eigenvalue weighted by molar-refractivity contribution is 0.560. The van der Waals surface area contributed by atoms with Crippen LogP contribution in [0.2, 0.25) is 0 Å². The Balaban J connectivity index is 1.78. The Kier molecular flexibility index (Phi) is 2.71. The summed E-state index contributed by atoms with van der Waals surface area (Å²) in [5.41, 5.74) is 4.50. The molecule has 0 aliphatic carbocycles. The van der Waals surface area contributed by atoms with Crippen molar-refractivity contribution in [3.05, 3.63) is 54.6 Å². The highest BCUT2D eigenvalue weighted by molar-refractivity contribution is 5.77. The fourth-order valence-corrected chi connectivity index (χ4v) is 1.54. The van der Waals surface area contributed by atoms with Crippen LogP contribution >= 0.6 is 0 Å². The van der Waals surface area contributed by atoms with Crippen LogP contribution in [0.15, 0.2) is 58.4 Å². The molecule has 0 bridgehead atoms. The first-order chi connectivity index (χ1) is 8.92. The number of rotatable bonds is 3. The van der Waals surface area contributed by atoms with Gasteiger partial charge in [-0.2, -0.15) is 5.10 Å². The maximum absolute atomic E-state index is 5.12. The molecule has 88 valence electrons. The van der Waals surface area contributed by atoms with E-state index in [2.05, 4.69) is 20.5 Å². The Morgan fingerprint density at radius 1 is 1.11 bits per heavy atom. The van der Waals surface area contributed by atoms with Gasteiger partial charge in [-0.3, -0.25) is 10.4 Å². The lowest BCUT2D eigenvalue weighted by Gasteiger charge is -2.00. The summed E-state index contributed by atoms with van der Waals surface area (Å²) in [4.78, 5) is 8.65. The topological polar surface area (TPSA) is 63.3 Å². The van der Waals surface area contributed by atoms with Crippen molar-refractivity contribution in [3.8, 4) is 0 Å².